The summed E-state index contributed by atoms with van der Waals surface area (Å²) in [5, 5.41) is 10.0. The van der Waals surface area contributed by atoms with Crippen LogP contribution in [0.15, 0.2) is 23.2 Å². The van der Waals surface area contributed by atoms with Crippen molar-refractivity contribution in [2.45, 2.75) is 25.4 Å². The summed E-state index contributed by atoms with van der Waals surface area (Å²) < 4.78 is 22.8. The van der Waals surface area contributed by atoms with E-state index >= 15 is 0 Å². The van der Waals surface area contributed by atoms with Crippen molar-refractivity contribution in [1.29, 1.82) is 0 Å². The highest BCUT2D eigenvalue weighted by atomic mass is 35.5. The number of hydrogen-bond acceptors (Lipinski definition) is 4. The average Bonchev–Trinajstić information content (AvgIpc) is 2.90. The number of nitrogens with zero attached hydrogens (tertiary/aromatic N) is 1. The molecule has 1 aromatic carbocycles. The number of rotatable bonds is 6. The molecule has 0 spiro atoms. The van der Waals surface area contributed by atoms with Crippen LogP contribution in [0.1, 0.15) is 18.4 Å². The highest BCUT2D eigenvalue weighted by Gasteiger charge is 2.28. The molecule has 1 fully saturated rings. The van der Waals surface area contributed by atoms with Crippen LogP contribution in [0.3, 0.4) is 0 Å². The Morgan fingerprint density at radius 3 is 2.69 bits per heavy atom. The zero-order chi connectivity index (χ0) is 19.2. The van der Waals surface area contributed by atoms with Crippen LogP contribution >= 0.6 is 23.2 Å². The molecule has 1 amide bonds. The van der Waals surface area contributed by atoms with Crippen LogP contribution in [0.4, 0.5) is 0 Å². The summed E-state index contributed by atoms with van der Waals surface area (Å²) in [5.41, 5.74) is 0.874. The molecule has 10 heteroatoms. The molecule has 0 saturated carbocycles. The van der Waals surface area contributed by atoms with Crippen LogP contribution in [0.5, 0.6) is 0 Å². The number of amides is 1. The molecule has 1 aromatic rings. The molecular formula is C16H22Cl2N4O3S. The quantitative estimate of drug-likeness (QED) is 0.476. The lowest BCUT2D eigenvalue weighted by Gasteiger charge is -2.14. The Hall–Kier alpha value is -1.51. The maximum Gasteiger partial charge on any atom is 0.222 e. The van der Waals surface area contributed by atoms with E-state index in [-0.39, 0.29) is 29.9 Å². The second-order valence-corrected chi connectivity index (χ2v) is 9.08. The Morgan fingerprint density at radius 1 is 1.31 bits per heavy atom. The largest absolute Gasteiger partial charge is 0.356 e. The molecule has 1 heterocycles. The molecule has 1 saturated heterocycles. The van der Waals surface area contributed by atoms with Crippen LogP contribution in [0, 0.1) is 0 Å². The smallest absolute Gasteiger partial charge is 0.222 e. The van der Waals surface area contributed by atoms with Crippen molar-refractivity contribution in [2.24, 2.45) is 4.99 Å². The van der Waals surface area contributed by atoms with Crippen molar-refractivity contribution >= 4 is 44.9 Å². The first-order valence-electron chi connectivity index (χ1n) is 8.17. The van der Waals surface area contributed by atoms with E-state index in [0.717, 1.165) is 5.56 Å². The fraction of sp³-hybridized carbons (Fsp3) is 0.500. The molecule has 1 unspecified atom stereocenters. The zero-order valence-electron chi connectivity index (χ0n) is 14.4. The van der Waals surface area contributed by atoms with E-state index in [0.29, 0.717) is 35.5 Å². The van der Waals surface area contributed by atoms with Gasteiger partial charge in [-0.15, -0.1) is 0 Å². The van der Waals surface area contributed by atoms with E-state index in [1.165, 1.54) is 0 Å². The second-order valence-electron chi connectivity index (χ2n) is 6.01. The number of nitrogens with one attached hydrogen (secondary N) is 3. The van der Waals surface area contributed by atoms with Crippen molar-refractivity contribution in [3.63, 3.8) is 0 Å². The third kappa shape index (κ3) is 6.66. The van der Waals surface area contributed by atoms with E-state index < -0.39 is 9.84 Å². The van der Waals surface area contributed by atoms with Crippen molar-refractivity contribution in [3.05, 3.63) is 33.8 Å². The van der Waals surface area contributed by atoms with Gasteiger partial charge < -0.3 is 16.0 Å². The number of carbonyl (C=O) groups excluding carboxylic acids is 1. The molecule has 2 rings (SSSR count). The molecule has 7 nitrogen and oxygen atoms in total. The number of carbonyl (C=O) groups is 1. The molecule has 26 heavy (non-hydrogen) atoms. The molecule has 1 aliphatic heterocycles. The molecule has 0 aliphatic carbocycles. The topological polar surface area (TPSA) is 99.7 Å². The summed E-state index contributed by atoms with van der Waals surface area (Å²) in [6.45, 7) is 0.834. The Balaban J connectivity index is 1.71. The highest BCUT2D eigenvalue weighted by molar-refractivity contribution is 7.91. The van der Waals surface area contributed by atoms with Crippen LogP contribution in [-0.4, -0.2) is 51.4 Å². The monoisotopic (exact) mass is 420 g/mol. The molecule has 144 valence electrons. The molecule has 0 radical (unpaired) electrons. The number of halogens is 2. The van der Waals surface area contributed by atoms with E-state index in [1.54, 1.807) is 19.2 Å². The van der Waals surface area contributed by atoms with Gasteiger partial charge in [0.25, 0.3) is 0 Å². The van der Waals surface area contributed by atoms with E-state index in [9.17, 15) is 13.2 Å². The first-order chi connectivity index (χ1) is 12.3. The Morgan fingerprint density at radius 2 is 2.08 bits per heavy atom. The SMILES string of the molecule is CN=C(NCCC(=O)NC1CCS(=O)(=O)C1)NCc1ccc(Cl)cc1Cl. The van der Waals surface area contributed by atoms with Crippen LogP contribution in [-0.2, 0) is 21.2 Å². The Bertz CT molecular complexity index is 784. The second kappa shape index (κ2) is 9.43. The van der Waals surface area contributed by atoms with E-state index in [2.05, 4.69) is 20.9 Å². The van der Waals surface area contributed by atoms with Crippen LogP contribution < -0.4 is 16.0 Å². The van der Waals surface area contributed by atoms with Gasteiger partial charge in [0.1, 0.15) is 0 Å². The van der Waals surface area contributed by atoms with Gasteiger partial charge in [-0.05, 0) is 24.1 Å². The normalized spacial score (nSPS) is 19.2. The minimum atomic E-state index is -3.00. The van der Waals surface area contributed by atoms with Gasteiger partial charge >= 0.3 is 0 Å². The maximum absolute atomic E-state index is 11.9. The lowest BCUT2D eigenvalue weighted by Crippen LogP contribution is -2.41. The van der Waals surface area contributed by atoms with Gasteiger partial charge in [-0.3, -0.25) is 9.79 Å². The van der Waals surface area contributed by atoms with Crippen molar-refractivity contribution in [1.82, 2.24) is 16.0 Å². The standard InChI is InChI=1S/C16H22Cl2N4O3S/c1-19-16(21-9-11-2-3-12(17)8-14(11)18)20-6-4-15(23)22-13-5-7-26(24,25)10-13/h2-3,8,13H,4-7,9-10H2,1H3,(H,22,23)(H2,19,20,21). The third-order valence-corrected chi connectivity index (χ3v) is 6.28. The fourth-order valence-corrected chi connectivity index (χ4v) is 4.72. The summed E-state index contributed by atoms with van der Waals surface area (Å²) >= 11 is 12.0. The molecular weight excluding hydrogens is 399 g/mol. The zero-order valence-corrected chi connectivity index (χ0v) is 16.7. The predicted octanol–water partition coefficient (Wildman–Crippen LogP) is 1.35. The van der Waals surface area contributed by atoms with Crippen LogP contribution in [0.2, 0.25) is 10.0 Å². The van der Waals surface area contributed by atoms with Gasteiger partial charge in [0.2, 0.25) is 5.91 Å². The van der Waals surface area contributed by atoms with E-state index in [4.69, 9.17) is 23.2 Å². The van der Waals surface area contributed by atoms with E-state index in [1.807, 2.05) is 6.07 Å². The van der Waals surface area contributed by atoms with Gasteiger partial charge in [0.05, 0.1) is 11.5 Å². The van der Waals surface area contributed by atoms with Crippen molar-refractivity contribution < 1.29 is 13.2 Å². The summed E-state index contributed by atoms with van der Waals surface area (Å²) in [6, 6.07) is 4.98. The van der Waals surface area contributed by atoms with Crippen molar-refractivity contribution in [3.8, 4) is 0 Å². The number of benzene rings is 1. The van der Waals surface area contributed by atoms with Gasteiger partial charge in [-0.25, -0.2) is 8.42 Å². The van der Waals surface area contributed by atoms with Crippen molar-refractivity contribution in [2.75, 3.05) is 25.1 Å². The average molecular weight is 421 g/mol. The molecule has 0 bridgehead atoms. The van der Waals surface area contributed by atoms with Crippen LogP contribution in [0.25, 0.3) is 0 Å². The first kappa shape index (κ1) is 20.8. The summed E-state index contributed by atoms with van der Waals surface area (Å²) in [7, 11) is -1.37. The number of hydrogen-bond donors (Lipinski definition) is 3. The van der Waals surface area contributed by atoms with Gasteiger partial charge in [0.15, 0.2) is 15.8 Å². The molecule has 1 aliphatic rings. The van der Waals surface area contributed by atoms with Gasteiger partial charge in [-0.2, -0.15) is 0 Å². The van der Waals surface area contributed by atoms with Gasteiger partial charge in [0, 0.05) is 42.6 Å². The fourth-order valence-electron chi connectivity index (χ4n) is 2.57. The summed E-state index contributed by atoms with van der Waals surface area (Å²) in [5.74, 6) is 0.514. The summed E-state index contributed by atoms with van der Waals surface area (Å²) in [6.07, 6.45) is 0.700. The number of sulfone groups is 1. The number of aliphatic imine (C=N–C) groups is 1. The summed E-state index contributed by atoms with van der Waals surface area (Å²) in [4.78, 5) is 16.0. The lowest BCUT2D eigenvalue weighted by atomic mass is 10.2. The number of guanidine groups is 1. The molecule has 1 atom stereocenters. The molecule has 3 N–H and O–H groups in total. The minimum absolute atomic E-state index is 0.0250. The lowest BCUT2D eigenvalue weighted by molar-refractivity contribution is -0.121. The maximum atomic E-state index is 11.9. The minimum Gasteiger partial charge on any atom is -0.356 e. The Labute approximate surface area is 163 Å². The third-order valence-electron chi connectivity index (χ3n) is 3.93. The molecule has 0 aromatic heterocycles. The predicted molar refractivity (Wildman–Crippen MR) is 104 cm³/mol. The highest BCUT2D eigenvalue weighted by Crippen LogP contribution is 2.20. The Kier molecular flexibility index (Phi) is 7.55. The van der Waals surface area contributed by atoms with Gasteiger partial charge in [-0.1, -0.05) is 29.3 Å². The first-order valence-corrected chi connectivity index (χ1v) is 10.7.